The van der Waals surface area contributed by atoms with E-state index in [4.69, 9.17) is 0 Å². The van der Waals surface area contributed by atoms with Crippen LogP contribution < -0.4 is 0 Å². The van der Waals surface area contributed by atoms with Gasteiger partial charge in [-0.15, -0.1) is 0 Å². The molecule has 2 fully saturated rings. The van der Waals surface area contributed by atoms with Gasteiger partial charge in [-0.25, -0.2) is 0 Å². The first-order valence-electron chi connectivity index (χ1n) is 8.07. The van der Waals surface area contributed by atoms with Crippen LogP contribution in [-0.2, 0) is 4.79 Å². The minimum Gasteiger partial charge on any atom is -0.312 e. The summed E-state index contributed by atoms with van der Waals surface area (Å²) in [6.45, 7) is 2.19. The van der Waals surface area contributed by atoms with Gasteiger partial charge >= 0.3 is 0 Å². The molecule has 2 aliphatic heterocycles. The van der Waals surface area contributed by atoms with Crippen LogP contribution in [0, 0.1) is 0 Å². The zero-order chi connectivity index (χ0) is 14.4. The molecule has 0 N–H and O–H groups in total. The Morgan fingerprint density at radius 2 is 1.90 bits per heavy atom. The summed E-state index contributed by atoms with van der Waals surface area (Å²) in [5.74, 6) is 0.169. The van der Waals surface area contributed by atoms with Crippen molar-refractivity contribution >= 4 is 5.91 Å². The van der Waals surface area contributed by atoms with E-state index in [0.29, 0.717) is 6.04 Å². The monoisotopic (exact) mass is 279 g/mol. The second-order valence-corrected chi connectivity index (χ2v) is 6.45. The lowest BCUT2D eigenvalue weighted by Gasteiger charge is -2.26. The number of amides is 1. The highest BCUT2D eigenvalue weighted by Gasteiger charge is 2.39. The van der Waals surface area contributed by atoms with E-state index in [0.717, 1.165) is 31.2 Å². The molecule has 108 valence electrons. The van der Waals surface area contributed by atoms with Crippen molar-refractivity contribution in [3.05, 3.63) is 58.8 Å². The number of hydrogen-bond acceptors (Lipinski definition) is 1. The number of benzene rings is 1. The predicted octanol–water partition coefficient (Wildman–Crippen LogP) is 4.16. The third-order valence-corrected chi connectivity index (χ3v) is 5.17. The van der Waals surface area contributed by atoms with Crippen molar-refractivity contribution < 1.29 is 4.79 Å². The molecule has 0 aromatic heterocycles. The summed E-state index contributed by atoms with van der Waals surface area (Å²) >= 11 is 0. The number of carbonyl (C=O) groups excluding carboxylic acids is 1. The van der Waals surface area contributed by atoms with E-state index in [2.05, 4.69) is 30.0 Å². The average Bonchev–Trinajstić information content (AvgIpc) is 3.08. The van der Waals surface area contributed by atoms with E-state index in [-0.39, 0.29) is 11.8 Å². The first kappa shape index (κ1) is 12.9. The number of nitrogens with zero attached hydrogens (tertiary/aromatic N) is 1. The minimum absolute atomic E-state index is 0.104. The zero-order valence-corrected chi connectivity index (χ0v) is 12.5. The summed E-state index contributed by atoms with van der Waals surface area (Å²) in [4.78, 5) is 15.2. The molecule has 0 radical (unpaired) electrons. The van der Waals surface area contributed by atoms with E-state index in [1.54, 1.807) is 0 Å². The number of hydrogen-bond donors (Lipinski definition) is 0. The van der Waals surface area contributed by atoms with Crippen LogP contribution in [0.15, 0.2) is 53.3 Å². The van der Waals surface area contributed by atoms with Gasteiger partial charge in [0.2, 0.25) is 5.91 Å². The van der Waals surface area contributed by atoms with Crippen molar-refractivity contribution in [2.45, 2.75) is 51.0 Å². The van der Waals surface area contributed by atoms with Gasteiger partial charge in [0.25, 0.3) is 0 Å². The average molecular weight is 279 g/mol. The Morgan fingerprint density at radius 3 is 2.71 bits per heavy atom. The standard InChI is InChI=1S/C19H21NO/c1-13-10-11-18-16-9-5-8-15(16)12-17(19(21)20(13)18)14-6-3-2-4-7-14/h2-4,6-7,12-13,17H,5,8-11H2,1H3/t13-,17+/m0/s1. The van der Waals surface area contributed by atoms with Crippen LogP contribution in [0.5, 0.6) is 0 Å². The molecule has 2 nitrogen and oxygen atoms in total. The molecule has 1 aromatic rings. The molecular weight excluding hydrogens is 258 g/mol. The SMILES string of the molecule is C[C@H]1CCC2=C3CCCC3=C[C@H](c3ccccc3)C(=O)N21. The molecule has 1 saturated heterocycles. The second kappa shape index (κ2) is 4.87. The maximum Gasteiger partial charge on any atom is 0.238 e. The summed E-state index contributed by atoms with van der Waals surface area (Å²) in [7, 11) is 0. The Balaban J connectivity index is 1.85. The van der Waals surface area contributed by atoms with Gasteiger partial charge in [-0.2, -0.15) is 0 Å². The molecular formula is C19H21NO. The van der Waals surface area contributed by atoms with Gasteiger partial charge in [-0.3, -0.25) is 4.79 Å². The Hall–Kier alpha value is -1.83. The largest absolute Gasteiger partial charge is 0.312 e. The van der Waals surface area contributed by atoms with Gasteiger partial charge in [0, 0.05) is 11.7 Å². The maximum atomic E-state index is 13.1. The summed E-state index contributed by atoms with van der Waals surface area (Å²) < 4.78 is 0. The molecule has 3 aliphatic rings. The van der Waals surface area contributed by atoms with Crippen LogP contribution in [0.4, 0.5) is 0 Å². The summed E-state index contributed by atoms with van der Waals surface area (Å²) in [6.07, 6.45) is 7.96. The highest BCUT2D eigenvalue weighted by Crippen LogP contribution is 2.44. The predicted molar refractivity (Wildman–Crippen MR) is 83.7 cm³/mol. The van der Waals surface area contributed by atoms with Gasteiger partial charge in [0.05, 0.1) is 5.92 Å². The van der Waals surface area contributed by atoms with E-state index in [1.165, 1.54) is 23.3 Å². The second-order valence-electron chi connectivity index (χ2n) is 6.45. The van der Waals surface area contributed by atoms with Crippen LogP contribution >= 0.6 is 0 Å². The fourth-order valence-electron chi connectivity index (χ4n) is 4.11. The molecule has 0 spiro atoms. The molecule has 1 aromatic carbocycles. The molecule has 0 unspecified atom stereocenters. The van der Waals surface area contributed by atoms with Crippen LogP contribution in [0.3, 0.4) is 0 Å². The quantitative estimate of drug-likeness (QED) is 0.756. The fourth-order valence-corrected chi connectivity index (χ4v) is 4.11. The Morgan fingerprint density at radius 1 is 1.10 bits per heavy atom. The lowest BCUT2D eigenvalue weighted by atomic mass is 9.94. The third kappa shape index (κ3) is 1.97. The number of allylic oxidation sites excluding steroid dienone is 3. The number of rotatable bonds is 1. The summed E-state index contributed by atoms with van der Waals surface area (Å²) in [6, 6.07) is 10.6. The first-order chi connectivity index (χ1) is 10.3. The molecule has 0 bridgehead atoms. The Kier molecular flexibility index (Phi) is 2.99. The highest BCUT2D eigenvalue weighted by atomic mass is 16.2. The van der Waals surface area contributed by atoms with Crippen molar-refractivity contribution in [3.8, 4) is 0 Å². The minimum atomic E-state index is -0.104. The normalized spacial score (nSPS) is 28.3. The highest BCUT2D eigenvalue weighted by molar-refractivity contribution is 5.89. The van der Waals surface area contributed by atoms with Crippen LogP contribution in [0.2, 0.25) is 0 Å². The Bertz CT molecular complexity index is 641. The molecule has 2 atom stereocenters. The van der Waals surface area contributed by atoms with Gasteiger partial charge in [-0.1, -0.05) is 36.4 Å². The van der Waals surface area contributed by atoms with Crippen molar-refractivity contribution in [1.82, 2.24) is 4.90 Å². The van der Waals surface area contributed by atoms with Crippen molar-refractivity contribution in [2.24, 2.45) is 0 Å². The molecule has 2 heterocycles. The van der Waals surface area contributed by atoms with E-state index in [9.17, 15) is 4.79 Å². The molecule has 4 rings (SSSR count). The van der Waals surface area contributed by atoms with E-state index < -0.39 is 0 Å². The van der Waals surface area contributed by atoms with Crippen molar-refractivity contribution in [2.75, 3.05) is 0 Å². The topological polar surface area (TPSA) is 20.3 Å². The first-order valence-corrected chi connectivity index (χ1v) is 8.07. The smallest absolute Gasteiger partial charge is 0.238 e. The molecule has 1 saturated carbocycles. The van der Waals surface area contributed by atoms with Gasteiger partial charge in [0.1, 0.15) is 0 Å². The van der Waals surface area contributed by atoms with E-state index >= 15 is 0 Å². The van der Waals surface area contributed by atoms with Crippen LogP contribution in [0.25, 0.3) is 0 Å². The maximum absolute atomic E-state index is 13.1. The lowest BCUT2D eigenvalue weighted by molar-refractivity contribution is -0.130. The van der Waals surface area contributed by atoms with Gasteiger partial charge in [-0.05, 0) is 55.7 Å². The van der Waals surface area contributed by atoms with Crippen LogP contribution in [0.1, 0.15) is 50.5 Å². The molecule has 1 aliphatic carbocycles. The molecule has 2 heteroatoms. The fraction of sp³-hybridized carbons (Fsp3) is 0.421. The lowest BCUT2D eigenvalue weighted by Crippen LogP contribution is -2.35. The third-order valence-electron chi connectivity index (χ3n) is 5.17. The van der Waals surface area contributed by atoms with Gasteiger partial charge in [0.15, 0.2) is 0 Å². The molecule has 21 heavy (non-hydrogen) atoms. The van der Waals surface area contributed by atoms with Crippen LogP contribution in [-0.4, -0.2) is 16.8 Å². The zero-order valence-electron chi connectivity index (χ0n) is 12.5. The summed E-state index contributed by atoms with van der Waals surface area (Å²) in [5, 5.41) is 0. The number of carbonyl (C=O) groups is 1. The van der Waals surface area contributed by atoms with Crippen molar-refractivity contribution in [3.63, 3.8) is 0 Å². The van der Waals surface area contributed by atoms with Gasteiger partial charge < -0.3 is 4.90 Å². The molecule has 1 amide bonds. The van der Waals surface area contributed by atoms with Crippen molar-refractivity contribution in [1.29, 1.82) is 0 Å². The summed E-state index contributed by atoms with van der Waals surface area (Å²) in [5.41, 5.74) is 5.37. The van der Waals surface area contributed by atoms with E-state index in [1.807, 2.05) is 18.2 Å². The number of fused-ring (bicyclic) bond motifs is 2. The Labute approximate surface area is 126 Å².